The molecule has 0 aliphatic carbocycles. The van der Waals surface area contributed by atoms with Crippen molar-refractivity contribution in [2.75, 3.05) is 31.8 Å². The SMILES string of the molecule is CNc1c(F)cccc1OC.CNc1ccccc1Br. The molecule has 0 saturated heterocycles. The van der Waals surface area contributed by atoms with E-state index < -0.39 is 0 Å². The third-order valence-electron chi connectivity index (χ3n) is 2.59. The number of para-hydroxylation sites is 2. The zero-order valence-corrected chi connectivity index (χ0v) is 13.3. The maximum atomic E-state index is 12.9. The average Bonchev–Trinajstić information content (AvgIpc) is 2.48. The first-order valence-electron chi connectivity index (χ1n) is 6.06. The highest BCUT2D eigenvalue weighted by atomic mass is 79.9. The lowest BCUT2D eigenvalue weighted by Gasteiger charge is -2.07. The molecule has 0 aliphatic rings. The number of methoxy groups -OCH3 is 1. The van der Waals surface area contributed by atoms with Crippen LogP contribution in [0.4, 0.5) is 15.8 Å². The Morgan fingerprint density at radius 1 is 1.00 bits per heavy atom. The average molecular weight is 341 g/mol. The third kappa shape index (κ3) is 4.42. The molecule has 2 rings (SSSR count). The molecule has 2 aromatic rings. The monoisotopic (exact) mass is 340 g/mol. The van der Waals surface area contributed by atoms with E-state index in [2.05, 4.69) is 26.6 Å². The normalized spacial score (nSPS) is 9.25. The molecule has 20 heavy (non-hydrogen) atoms. The smallest absolute Gasteiger partial charge is 0.150 e. The highest BCUT2D eigenvalue weighted by Gasteiger charge is 2.04. The molecule has 0 atom stereocenters. The summed E-state index contributed by atoms with van der Waals surface area (Å²) in [6.07, 6.45) is 0. The van der Waals surface area contributed by atoms with Gasteiger partial charge in [0.2, 0.25) is 0 Å². The van der Waals surface area contributed by atoms with Crippen LogP contribution in [0.5, 0.6) is 5.75 Å². The minimum absolute atomic E-state index is 0.299. The van der Waals surface area contributed by atoms with Crippen LogP contribution >= 0.6 is 15.9 Å². The van der Waals surface area contributed by atoms with Gasteiger partial charge in [0.1, 0.15) is 17.3 Å². The maximum absolute atomic E-state index is 12.9. The van der Waals surface area contributed by atoms with Crippen LogP contribution in [0.3, 0.4) is 0 Å². The molecular weight excluding hydrogens is 323 g/mol. The fourth-order valence-electron chi connectivity index (χ4n) is 1.58. The zero-order valence-electron chi connectivity index (χ0n) is 11.7. The van der Waals surface area contributed by atoms with Gasteiger partial charge < -0.3 is 15.4 Å². The Kier molecular flexibility index (Phi) is 6.87. The summed E-state index contributed by atoms with van der Waals surface area (Å²) in [4.78, 5) is 0. The molecule has 3 nitrogen and oxygen atoms in total. The third-order valence-corrected chi connectivity index (χ3v) is 3.28. The lowest BCUT2D eigenvalue weighted by Crippen LogP contribution is -1.96. The van der Waals surface area contributed by atoms with Crippen molar-refractivity contribution >= 4 is 27.3 Å². The van der Waals surface area contributed by atoms with Gasteiger partial charge in [0.25, 0.3) is 0 Å². The Labute approximate surface area is 127 Å². The van der Waals surface area contributed by atoms with E-state index in [1.165, 1.54) is 13.2 Å². The van der Waals surface area contributed by atoms with Crippen molar-refractivity contribution < 1.29 is 9.13 Å². The molecule has 2 aromatic carbocycles. The molecule has 0 fully saturated rings. The molecule has 0 aliphatic heterocycles. The maximum Gasteiger partial charge on any atom is 0.150 e. The lowest BCUT2D eigenvalue weighted by atomic mass is 10.3. The first kappa shape index (κ1) is 16.3. The molecule has 0 radical (unpaired) electrons. The summed E-state index contributed by atoms with van der Waals surface area (Å²) in [6.45, 7) is 0. The molecule has 0 saturated carbocycles. The van der Waals surface area contributed by atoms with E-state index >= 15 is 0 Å². The van der Waals surface area contributed by atoms with Crippen LogP contribution in [0.2, 0.25) is 0 Å². The molecule has 0 aromatic heterocycles. The van der Waals surface area contributed by atoms with Gasteiger partial charge in [-0.05, 0) is 40.2 Å². The van der Waals surface area contributed by atoms with Crippen LogP contribution in [0.25, 0.3) is 0 Å². The van der Waals surface area contributed by atoms with Gasteiger partial charge in [-0.1, -0.05) is 18.2 Å². The van der Waals surface area contributed by atoms with Crippen molar-refractivity contribution in [3.8, 4) is 5.75 Å². The number of hydrogen-bond donors (Lipinski definition) is 2. The predicted octanol–water partition coefficient (Wildman–Crippen LogP) is 4.37. The lowest BCUT2D eigenvalue weighted by molar-refractivity contribution is 0.414. The number of benzene rings is 2. The summed E-state index contributed by atoms with van der Waals surface area (Å²) in [5, 5.41) is 5.76. The number of rotatable bonds is 3. The fraction of sp³-hybridized carbons (Fsp3) is 0.200. The largest absolute Gasteiger partial charge is 0.494 e. The highest BCUT2D eigenvalue weighted by Crippen LogP contribution is 2.25. The van der Waals surface area contributed by atoms with Gasteiger partial charge in [-0.15, -0.1) is 0 Å². The van der Waals surface area contributed by atoms with Crippen LogP contribution in [0.15, 0.2) is 46.9 Å². The Morgan fingerprint density at radius 2 is 1.70 bits per heavy atom. The summed E-state index contributed by atoms with van der Waals surface area (Å²) in [6, 6.07) is 12.7. The van der Waals surface area contributed by atoms with E-state index in [9.17, 15) is 4.39 Å². The minimum atomic E-state index is -0.299. The quantitative estimate of drug-likeness (QED) is 0.870. The number of anilines is 2. The molecule has 108 valence electrons. The number of hydrogen-bond acceptors (Lipinski definition) is 3. The van der Waals surface area contributed by atoms with Gasteiger partial charge in [0.05, 0.1) is 7.11 Å². The van der Waals surface area contributed by atoms with Crippen molar-refractivity contribution in [2.45, 2.75) is 0 Å². The number of nitrogens with one attached hydrogen (secondary N) is 2. The molecule has 0 amide bonds. The Morgan fingerprint density at radius 3 is 2.15 bits per heavy atom. The van der Waals surface area contributed by atoms with Crippen molar-refractivity contribution in [3.63, 3.8) is 0 Å². The summed E-state index contributed by atoms with van der Waals surface area (Å²) < 4.78 is 18.9. The van der Waals surface area contributed by atoms with E-state index in [0.29, 0.717) is 11.4 Å². The second-order valence-corrected chi connectivity index (χ2v) is 4.65. The molecular formula is C15H18BrFN2O. The number of ether oxygens (including phenoxy) is 1. The first-order chi connectivity index (χ1) is 9.63. The van der Waals surface area contributed by atoms with Gasteiger partial charge in [-0.3, -0.25) is 0 Å². The Hall–Kier alpha value is -1.75. The highest BCUT2D eigenvalue weighted by molar-refractivity contribution is 9.10. The van der Waals surface area contributed by atoms with Gasteiger partial charge in [-0.2, -0.15) is 0 Å². The van der Waals surface area contributed by atoms with E-state index in [0.717, 1.165) is 10.2 Å². The topological polar surface area (TPSA) is 33.3 Å². The van der Waals surface area contributed by atoms with Crippen LogP contribution < -0.4 is 15.4 Å². The summed E-state index contributed by atoms with van der Waals surface area (Å²) >= 11 is 3.39. The van der Waals surface area contributed by atoms with Crippen LogP contribution in [-0.4, -0.2) is 21.2 Å². The summed E-state index contributed by atoms with van der Waals surface area (Å²) in [5.74, 6) is 0.222. The van der Waals surface area contributed by atoms with E-state index in [1.807, 2.05) is 31.3 Å². The molecule has 0 spiro atoms. The van der Waals surface area contributed by atoms with E-state index in [1.54, 1.807) is 19.2 Å². The van der Waals surface area contributed by atoms with E-state index in [-0.39, 0.29) is 5.82 Å². The molecule has 0 heterocycles. The van der Waals surface area contributed by atoms with Crippen molar-refractivity contribution in [1.29, 1.82) is 0 Å². The van der Waals surface area contributed by atoms with Crippen molar-refractivity contribution in [2.24, 2.45) is 0 Å². The van der Waals surface area contributed by atoms with Crippen molar-refractivity contribution in [1.82, 2.24) is 0 Å². The minimum Gasteiger partial charge on any atom is -0.494 e. The Bertz CT molecular complexity index is 549. The molecule has 0 unspecified atom stereocenters. The molecule has 2 N–H and O–H groups in total. The first-order valence-corrected chi connectivity index (χ1v) is 6.85. The van der Waals surface area contributed by atoms with E-state index in [4.69, 9.17) is 4.74 Å². The number of halogens is 2. The summed E-state index contributed by atoms with van der Waals surface area (Å²) in [5.41, 5.74) is 1.52. The van der Waals surface area contributed by atoms with Gasteiger partial charge in [-0.25, -0.2) is 4.39 Å². The predicted molar refractivity (Wildman–Crippen MR) is 86.2 cm³/mol. The van der Waals surface area contributed by atoms with Gasteiger partial charge >= 0.3 is 0 Å². The Balaban J connectivity index is 0.000000204. The van der Waals surface area contributed by atoms with Crippen LogP contribution in [0.1, 0.15) is 0 Å². The summed E-state index contributed by atoms with van der Waals surface area (Å²) in [7, 11) is 5.07. The van der Waals surface area contributed by atoms with Crippen LogP contribution in [0, 0.1) is 5.82 Å². The van der Waals surface area contributed by atoms with Crippen LogP contribution in [-0.2, 0) is 0 Å². The molecule has 0 bridgehead atoms. The molecule has 5 heteroatoms. The fourth-order valence-corrected chi connectivity index (χ4v) is 2.06. The second kappa shape index (κ2) is 8.43. The second-order valence-electron chi connectivity index (χ2n) is 3.80. The standard InChI is InChI=1S/C8H10FNO.C7H8BrN/c1-10-8-6(9)4-3-5-7(8)11-2;1-9-7-5-3-2-4-6(7)8/h3-5,10H,1-2H3;2-5,9H,1H3. The zero-order chi connectivity index (χ0) is 15.0. The van der Waals surface area contributed by atoms with Crippen molar-refractivity contribution in [3.05, 3.63) is 52.8 Å². The van der Waals surface area contributed by atoms with Gasteiger partial charge in [0, 0.05) is 24.3 Å². The van der Waals surface area contributed by atoms with Gasteiger partial charge in [0.15, 0.2) is 0 Å².